The summed E-state index contributed by atoms with van der Waals surface area (Å²) in [7, 11) is 4.16. The van der Waals surface area contributed by atoms with Gasteiger partial charge in [-0.2, -0.15) is 0 Å². The summed E-state index contributed by atoms with van der Waals surface area (Å²) >= 11 is 6.86. The molecule has 0 N–H and O–H groups in total. The maximum Gasteiger partial charge on any atom is 0.253 e. The van der Waals surface area contributed by atoms with Crippen molar-refractivity contribution in [1.82, 2.24) is 9.80 Å². The van der Waals surface area contributed by atoms with Gasteiger partial charge >= 0.3 is 0 Å². The monoisotopic (exact) mass is 388 g/mol. The smallest absolute Gasteiger partial charge is 0.253 e. The van der Waals surface area contributed by atoms with Gasteiger partial charge in [0.2, 0.25) is 0 Å². The summed E-state index contributed by atoms with van der Waals surface area (Å²) in [4.78, 5) is 16.7. The minimum absolute atomic E-state index is 0.119. The van der Waals surface area contributed by atoms with E-state index in [0.717, 1.165) is 34.0 Å². The fourth-order valence-electron chi connectivity index (χ4n) is 2.42. The third kappa shape index (κ3) is 3.80. The maximum atomic E-state index is 12.5. The molecule has 1 saturated heterocycles. The van der Waals surface area contributed by atoms with Gasteiger partial charge in [-0.15, -0.1) is 0 Å². The van der Waals surface area contributed by atoms with E-state index < -0.39 is 0 Å². The summed E-state index contributed by atoms with van der Waals surface area (Å²) in [5.74, 6) is 0.119. The van der Waals surface area contributed by atoms with E-state index in [1.54, 1.807) is 0 Å². The van der Waals surface area contributed by atoms with Crippen LogP contribution in [0.15, 0.2) is 27.1 Å². The number of nitrogens with zero attached hydrogens (tertiary/aromatic N) is 2. The molecule has 1 unspecified atom stereocenters. The van der Waals surface area contributed by atoms with Gasteiger partial charge in [0.05, 0.1) is 0 Å². The molecular formula is C14H18Br2N2O. The Hall–Kier alpha value is -0.390. The van der Waals surface area contributed by atoms with E-state index in [1.807, 2.05) is 23.1 Å². The van der Waals surface area contributed by atoms with Gasteiger partial charge in [0.15, 0.2) is 0 Å². The zero-order valence-electron chi connectivity index (χ0n) is 11.2. The van der Waals surface area contributed by atoms with Crippen molar-refractivity contribution < 1.29 is 4.79 Å². The number of carbonyl (C=O) groups is 1. The molecule has 3 nitrogen and oxygen atoms in total. The first-order valence-electron chi connectivity index (χ1n) is 6.39. The Balaban J connectivity index is 2.14. The summed E-state index contributed by atoms with van der Waals surface area (Å²) in [5.41, 5.74) is 0.737. The van der Waals surface area contributed by atoms with Crippen molar-refractivity contribution >= 4 is 37.8 Å². The van der Waals surface area contributed by atoms with E-state index in [1.165, 1.54) is 6.42 Å². The lowest BCUT2D eigenvalue weighted by Gasteiger charge is -2.36. The number of hydrogen-bond acceptors (Lipinski definition) is 2. The minimum atomic E-state index is 0.119. The molecule has 1 aliphatic rings. The van der Waals surface area contributed by atoms with E-state index in [-0.39, 0.29) is 5.91 Å². The van der Waals surface area contributed by atoms with Crippen LogP contribution in [-0.2, 0) is 0 Å². The molecule has 1 aromatic rings. The number of likely N-dealkylation sites (N-methyl/N-ethyl adjacent to an activating group) is 1. The molecule has 1 fully saturated rings. The van der Waals surface area contributed by atoms with Crippen LogP contribution in [0.4, 0.5) is 0 Å². The fourth-order valence-corrected chi connectivity index (χ4v) is 3.71. The van der Waals surface area contributed by atoms with E-state index in [4.69, 9.17) is 0 Å². The quantitative estimate of drug-likeness (QED) is 0.774. The second kappa shape index (κ2) is 6.37. The van der Waals surface area contributed by atoms with Gasteiger partial charge < -0.3 is 9.80 Å². The number of benzene rings is 1. The average Bonchev–Trinajstić information content (AvgIpc) is 2.37. The molecule has 1 aromatic carbocycles. The van der Waals surface area contributed by atoms with Crippen LogP contribution in [0.3, 0.4) is 0 Å². The number of piperidine rings is 1. The molecular weight excluding hydrogens is 372 g/mol. The predicted octanol–water partition coefficient (Wildman–Crippen LogP) is 3.38. The van der Waals surface area contributed by atoms with Crippen LogP contribution in [0.1, 0.15) is 23.2 Å². The van der Waals surface area contributed by atoms with Crippen LogP contribution in [0.25, 0.3) is 0 Å². The van der Waals surface area contributed by atoms with Crippen molar-refractivity contribution in [2.45, 2.75) is 18.9 Å². The molecule has 0 bridgehead atoms. The molecule has 19 heavy (non-hydrogen) atoms. The minimum Gasteiger partial charge on any atom is -0.337 e. The molecule has 0 radical (unpaired) electrons. The van der Waals surface area contributed by atoms with Crippen LogP contribution in [0.2, 0.25) is 0 Å². The van der Waals surface area contributed by atoms with Crippen molar-refractivity contribution in [3.63, 3.8) is 0 Å². The SMILES string of the molecule is CN(C)C1CCCN(C(=O)c2cc(Br)cc(Br)c2)C1. The molecule has 5 heteroatoms. The lowest BCUT2D eigenvalue weighted by molar-refractivity contribution is 0.0635. The van der Waals surface area contributed by atoms with Crippen molar-refractivity contribution in [1.29, 1.82) is 0 Å². The van der Waals surface area contributed by atoms with Crippen molar-refractivity contribution in [2.75, 3.05) is 27.2 Å². The van der Waals surface area contributed by atoms with Crippen LogP contribution >= 0.6 is 31.9 Å². The number of likely N-dealkylation sites (tertiary alicyclic amines) is 1. The summed E-state index contributed by atoms with van der Waals surface area (Å²) in [5, 5.41) is 0. The molecule has 0 saturated carbocycles. The van der Waals surface area contributed by atoms with Crippen LogP contribution in [0, 0.1) is 0 Å². The lowest BCUT2D eigenvalue weighted by atomic mass is 10.0. The Labute approximate surface area is 131 Å². The second-order valence-corrected chi connectivity index (χ2v) is 7.00. The molecule has 1 atom stereocenters. The Kier molecular flexibility index (Phi) is 5.03. The largest absolute Gasteiger partial charge is 0.337 e. The molecule has 1 heterocycles. The average molecular weight is 390 g/mol. The Morgan fingerprint density at radius 2 is 1.89 bits per heavy atom. The molecule has 2 rings (SSSR count). The van der Waals surface area contributed by atoms with Crippen molar-refractivity contribution in [3.8, 4) is 0 Å². The van der Waals surface area contributed by atoms with E-state index in [0.29, 0.717) is 6.04 Å². The number of amides is 1. The third-order valence-electron chi connectivity index (χ3n) is 3.52. The summed E-state index contributed by atoms with van der Waals surface area (Å²) < 4.78 is 1.85. The van der Waals surface area contributed by atoms with Gasteiger partial charge in [0, 0.05) is 33.6 Å². The van der Waals surface area contributed by atoms with Crippen LogP contribution in [-0.4, -0.2) is 48.9 Å². The Bertz CT molecular complexity index is 456. The summed E-state index contributed by atoms with van der Waals surface area (Å²) in [6.07, 6.45) is 2.24. The highest BCUT2D eigenvalue weighted by Gasteiger charge is 2.25. The van der Waals surface area contributed by atoms with Gasteiger partial charge in [-0.25, -0.2) is 0 Å². The molecule has 104 valence electrons. The molecule has 0 aromatic heterocycles. The second-order valence-electron chi connectivity index (χ2n) is 5.17. The van der Waals surface area contributed by atoms with Gasteiger partial charge in [-0.05, 0) is 45.1 Å². The van der Waals surface area contributed by atoms with E-state index >= 15 is 0 Å². The standard InChI is InChI=1S/C14H18Br2N2O/c1-17(2)13-4-3-5-18(9-13)14(19)10-6-11(15)8-12(16)7-10/h6-8,13H,3-5,9H2,1-2H3. The third-order valence-corrected chi connectivity index (χ3v) is 4.44. The topological polar surface area (TPSA) is 23.6 Å². The number of rotatable bonds is 2. The number of hydrogen-bond donors (Lipinski definition) is 0. The highest BCUT2D eigenvalue weighted by atomic mass is 79.9. The molecule has 1 aliphatic heterocycles. The highest BCUT2D eigenvalue weighted by Crippen LogP contribution is 2.23. The number of halogens is 2. The summed E-state index contributed by atoms with van der Waals surface area (Å²) in [6, 6.07) is 6.17. The van der Waals surface area contributed by atoms with Gasteiger partial charge in [0.1, 0.15) is 0 Å². The Morgan fingerprint density at radius 3 is 2.47 bits per heavy atom. The summed E-state index contributed by atoms with van der Waals surface area (Å²) in [6.45, 7) is 1.67. The van der Waals surface area contributed by atoms with Crippen LogP contribution < -0.4 is 0 Å². The number of carbonyl (C=O) groups excluding carboxylic acids is 1. The lowest BCUT2D eigenvalue weighted by Crippen LogP contribution is -2.47. The van der Waals surface area contributed by atoms with Crippen molar-refractivity contribution in [3.05, 3.63) is 32.7 Å². The fraction of sp³-hybridized carbons (Fsp3) is 0.500. The molecule has 0 spiro atoms. The first kappa shape index (κ1) is 15.0. The normalized spacial score (nSPS) is 19.8. The van der Waals surface area contributed by atoms with Crippen molar-refractivity contribution in [2.24, 2.45) is 0 Å². The maximum absolute atomic E-state index is 12.5. The van der Waals surface area contributed by atoms with E-state index in [9.17, 15) is 4.79 Å². The zero-order chi connectivity index (χ0) is 14.0. The van der Waals surface area contributed by atoms with Gasteiger partial charge in [0.25, 0.3) is 5.91 Å². The van der Waals surface area contributed by atoms with E-state index in [2.05, 4.69) is 50.9 Å². The van der Waals surface area contributed by atoms with Gasteiger partial charge in [-0.3, -0.25) is 4.79 Å². The predicted molar refractivity (Wildman–Crippen MR) is 84.5 cm³/mol. The Morgan fingerprint density at radius 1 is 1.26 bits per heavy atom. The first-order chi connectivity index (χ1) is 8.97. The van der Waals surface area contributed by atoms with Crippen LogP contribution in [0.5, 0.6) is 0 Å². The highest BCUT2D eigenvalue weighted by molar-refractivity contribution is 9.11. The molecule has 0 aliphatic carbocycles. The molecule has 1 amide bonds. The first-order valence-corrected chi connectivity index (χ1v) is 7.98. The zero-order valence-corrected chi connectivity index (χ0v) is 14.4. The van der Waals surface area contributed by atoms with Gasteiger partial charge in [-0.1, -0.05) is 31.9 Å².